The van der Waals surface area contributed by atoms with E-state index in [9.17, 15) is 4.79 Å². The van der Waals surface area contributed by atoms with Gasteiger partial charge in [0.05, 0.1) is 17.1 Å². The Morgan fingerprint density at radius 3 is 2.50 bits per heavy atom. The predicted octanol–water partition coefficient (Wildman–Crippen LogP) is 4.60. The van der Waals surface area contributed by atoms with Gasteiger partial charge in [0.1, 0.15) is 14.9 Å². The summed E-state index contributed by atoms with van der Waals surface area (Å²) in [5.74, 6) is 0.0712. The standard InChI is InChI=1S/C24H23N5OS2/c1-17-21(32-23(26-17)20-9-5-6-10-25-20)24(30)29-13-11-28(12-14-29)15-19-16-31-22(27-19)18-7-3-2-4-8-18/h2-10,16H,11-15H2,1H3. The minimum atomic E-state index is 0.0712. The van der Waals surface area contributed by atoms with E-state index in [1.54, 1.807) is 17.5 Å². The van der Waals surface area contributed by atoms with Crippen molar-refractivity contribution in [3.63, 3.8) is 0 Å². The Bertz CT molecular complexity index is 1200. The minimum Gasteiger partial charge on any atom is -0.335 e. The number of carbonyl (C=O) groups is 1. The number of carbonyl (C=O) groups excluding carboxylic acids is 1. The van der Waals surface area contributed by atoms with Crippen LogP contribution < -0.4 is 0 Å². The Morgan fingerprint density at radius 1 is 0.969 bits per heavy atom. The summed E-state index contributed by atoms with van der Waals surface area (Å²) in [4.78, 5) is 31.9. The molecule has 0 unspecified atom stereocenters. The largest absolute Gasteiger partial charge is 0.335 e. The van der Waals surface area contributed by atoms with Crippen LogP contribution in [0.4, 0.5) is 0 Å². The molecular weight excluding hydrogens is 438 g/mol. The maximum atomic E-state index is 13.1. The van der Waals surface area contributed by atoms with Crippen molar-refractivity contribution < 1.29 is 4.79 Å². The molecule has 0 radical (unpaired) electrons. The SMILES string of the molecule is Cc1nc(-c2ccccn2)sc1C(=O)N1CCN(Cc2csc(-c3ccccc3)n2)CC1. The molecule has 8 heteroatoms. The molecule has 1 amide bonds. The van der Waals surface area contributed by atoms with Crippen LogP contribution in [-0.4, -0.2) is 56.8 Å². The molecule has 3 aromatic heterocycles. The maximum Gasteiger partial charge on any atom is 0.265 e. The van der Waals surface area contributed by atoms with Gasteiger partial charge in [-0.3, -0.25) is 14.7 Å². The topological polar surface area (TPSA) is 62.2 Å². The van der Waals surface area contributed by atoms with Gasteiger partial charge in [-0.25, -0.2) is 9.97 Å². The number of piperazine rings is 1. The van der Waals surface area contributed by atoms with Crippen molar-refractivity contribution in [1.82, 2.24) is 24.8 Å². The van der Waals surface area contributed by atoms with E-state index in [4.69, 9.17) is 4.98 Å². The second kappa shape index (κ2) is 9.28. The summed E-state index contributed by atoms with van der Waals surface area (Å²) in [7, 11) is 0. The van der Waals surface area contributed by atoms with E-state index < -0.39 is 0 Å². The van der Waals surface area contributed by atoms with E-state index in [1.165, 1.54) is 11.3 Å². The lowest BCUT2D eigenvalue weighted by Crippen LogP contribution is -2.48. The first-order chi connectivity index (χ1) is 15.7. The third-order valence-corrected chi connectivity index (χ3v) is 7.60. The van der Waals surface area contributed by atoms with Crippen LogP contribution in [-0.2, 0) is 6.54 Å². The van der Waals surface area contributed by atoms with Crippen molar-refractivity contribution in [2.45, 2.75) is 13.5 Å². The maximum absolute atomic E-state index is 13.1. The van der Waals surface area contributed by atoms with Gasteiger partial charge in [-0.2, -0.15) is 0 Å². The number of rotatable bonds is 5. The van der Waals surface area contributed by atoms with E-state index >= 15 is 0 Å². The van der Waals surface area contributed by atoms with Crippen LogP contribution in [0.1, 0.15) is 21.1 Å². The summed E-state index contributed by atoms with van der Waals surface area (Å²) < 4.78 is 0. The van der Waals surface area contributed by atoms with Gasteiger partial charge < -0.3 is 4.90 Å². The van der Waals surface area contributed by atoms with Crippen molar-refractivity contribution in [2.75, 3.05) is 26.2 Å². The number of aryl methyl sites for hydroxylation is 1. The predicted molar refractivity (Wildman–Crippen MR) is 129 cm³/mol. The summed E-state index contributed by atoms with van der Waals surface area (Å²) in [5.41, 5.74) is 3.83. The van der Waals surface area contributed by atoms with E-state index in [-0.39, 0.29) is 5.91 Å². The third-order valence-electron chi connectivity index (χ3n) is 5.49. The fourth-order valence-electron chi connectivity index (χ4n) is 3.77. The van der Waals surface area contributed by atoms with Crippen LogP contribution in [0.2, 0.25) is 0 Å². The Labute approximate surface area is 195 Å². The average Bonchev–Trinajstić information content (AvgIpc) is 3.47. The fraction of sp³-hybridized carbons (Fsp3) is 0.250. The number of aromatic nitrogens is 3. The first-order valence-electron chi connectivity index (χ1n) is 10.6. The second-order valence-electron chi connectivity index (χ2n) is 7.73. The molecule has 0 aliphatic carbocycles. The van der Waals surface area contributed by atoms with Gasteiger partial charge in [0.2, 0.25) is 0 Å². The summed E-state index contributed by atoms with van der Waals surface area (Å²) in [6, 6.07) is 16.0. The normalized spacial score (nSPS) is 14.6. The smallest absolute Gasteiger partial charge is 0.265 e. The number of amides is 1. The van der Waals surface area contributed by atoms with Crippen LogP contribution in [0.15, 0.2) is 60.1 Å². The van der Waals surface area contributed by atoms with Crippen molar-refractivity contribution in [3.05, 3.63) is 76.4 Å². The molecule has 0 atom stereocenters. The Morgan fingerprint density at radius 2 is 1.75 bits per heavy atom. The van der Waals surface area contributed by atoms with Crippen LogP contribution in [0.25, 0.3) is 21.3 Å². The molecule has 4 aromatic rings. The quantitative estimate of drug-likeness (QED) is 0.435. The van der Waals surface area contributed by atoms with E-state index in [1.807, 2.05) is 48.2 Å². The average molecular weight is 462 g/mol. The van der Waals surface area contributed by atoms with Gasteiger partial charge in [-0.15, -0.1) is 22.7 Å². The number of hydrogen-bond donors (Lipinski definition) is 0. The van der Waals surface area contributed by atoms with Crippen LogP contribution in [0.3, 0.4) is 0 Å². The number of pyridine rings is 1. The first kappa shape index (κ1) is 20.9. The first-order valence-corrected chi connectivity index (χ1v) is 12.3. The van der Waals surface area contributed by atoms with Crippen molar-refractivity contribution >= 4 is 28.6 Å². The molecule has 6 nitrogen and oxygen atoms in total. The molecule has 1 aliphatic rings. The van der Waals surface area contributed by atoms with E-state index in [0.717, 1.165) is 52.3 Å². The highest BCUT2D eigenvalue weighted by atomic mass is 32.1. The number of benzene rings is 1. The fourth-order valence-corrected chi connectivity index (χ4v) is 5.60. The molecule has 0 spiro atoms. The van der Waals surface area contributed by atoms with Gasteiger partial charge in [0.15, 0.2) is 0 Å². The summed E-state index contributed by atoms with van der Waals surface area (Å²) in [6.45, 7) is 5.83. The van der Waals surface area contributed by atoms with Crippen molar-refractivity contribution in [3.8, 4) is 21.3 Å². The number of hydrogen-bond acceptors (Lipinski definition) is 7. The van der Waals surface area contributed by atoms with Gasteiger partial charge >= 0.3 is 0 Å². The molecule has 1 saturated heterocycles. The van der Waals surface area contributed by atoms with Crippen molar-refractivity contribution in [2.24, 2.45) is 0 Å². The molecule has 1 aliphatic heterocycles. The third kappa shape index (κ3) is 4.48. The molecular formula is C24H23N5OS2. The lowest BCUT2D eigenvalue weighted by atomic mass is 10.2. The van der Waals surface area contributed by atoms with Gasteiger partial charge in [-0.05, 0) is 19.1 Å². The summed E-state index contributed by atoms with van der Waals surface area (Å²) in [6.07, 6.45) is 1.75. The summed E-state index contributed by atoms with van der Waals surface area (Å²) in [5, 5.41) is 3.99. The van der Waals surface area contributed by atoms with Gasteiger partial charge in [0.25, 0.3) is 5.91 Å². The Hall–Kier alpha value is -2.94. The van der Waals surface area contributed by atoms with Crippen molar-refractivity contribution in [1.29, 1.82) is 0 Å². The molecule has 0 N–H and O–H groups in total. The van der Waals surface area contributed by atoms with Gasteiger partial charge in [-0.1, -0.05) is 36.4 Å². The zero-order valence-electron chi connectivity index (χ0n) is 17.8. The molecule has 32 heavy (non-hydrogen) atoms. The zero-order valence-corrected chi connectivity index (χ0v) is 19.4. The van der Waals surface area contributed by atoms with E-state index in [2.05, 4.69) is 32.4 Å². The van der Waals surface area contributed by atoms with Crippen LogP contribution in [0.5, 0.6) is 0 Å². The second-order valence-corrected chi connectivity index (χ2v) is 9.58. The highest BCUT2D eigenvalue weighted by Crippen LogP contribution is 2.28. The minimum absolute atomic E-state index is 0.0712. The molecule has 162 valence electrons. The molecule has 0 saturated carbocycles. The molecule has 5 rings (SSSR count). The van der Waals surface area contributed by atoms with Crippen LogP contribution >= 0.6 is 22.7 Å². The highest BCUT2D eigenvalue weighted by molar-refractivity contribution is 7.17. The van der Waals surface area contributed by atoms with E-state index in [0.29, 0.717) is 18.0 Å². The molecule has 0 bridgehead atoms. The number of nitrogens with zero attached hydrogens (tertiary/aromatic N) is 5. The number of thiazole rings is 2. The highest BCUT2D eigenvalue weighted by Gasteiger charge is 2.26. The Balaban J connectivity index is 1.20. The monoisotopic (exact) mass is 461 g/mol. The molecule has 4 heterocycles. The summed E-state index contributed by atoms with van der Waals surface area (Å²) >= 11 is 3.11. The lowest BCUT2D eigenvalue weighted by molar-refractivity contribution is 0.0631. The van der Waals surface area contributed by atoms with Crippen LogP contribution in [0, 0.1) is 6.92 Å². The lowest BCUT2D eigenvalue weighted by Gasteiger charge is -2.34. The molecule has 1 fully saturated rings. The zero-order chi connectivity index (χ0) is 21.9. The molecule has 1 aromatic carbocycles. The van der Waals surface area contributed by atoms with Gasteiger partial charge in [0, 0.05) is 49.9 Å². The Kier molecular flexibility index (Phi) is 6.07.